The molecule has 2 amide bonds. The van der Waals surface area contributed by atoms with E-state index < -0.39 is 0 Å². The lowest BCUT2D eigenvalue weighted by molar-refractivity contribution is -0.150. The van der Waals surface area contributed by atoms with Gasteiger partial charge in [0.05, 0.1) is 31.6 Å². The number of ether oxygens (including phenoxy) is 2. The summed E-state index contributed by atoms with van der Waals surface area (Å²) in [6.07, 6.45) is 29.1. The Morgan fingerprint density at radius 3 is 1.40 bits per heavy atom. The summed E-state index contributed by atoms with van der Waals surface area (Å²) in [7, 11) is 0. The molecule has 0 radical (unpaired) electrons. The van der Waals surface area contributed by atoms with Gasteiger partial charge >= 0.3 is 11.9 Å². The smallest absolute Gasteiger partial charge is 0.308 e. The van der Waals surface area contributed by atoms with E-state index in [1.54, 1.807) is 0 Å². The molecule has 0 rings (SSSR count). The van der Waals surface area contributed by atoms with E-state index in [0.717, 1.165) is 116 Å². The summed E-state index contributed by atoms with van der Waals surface area (Å²) in [5.41, 5.74) is 0. The molecule has 2 atom stereocenters. The first kappa shape index (κ1) is 47.9. The number of hydrogen-bond donors (Lipinski definition) is 2. The summed E-state index contributed by atoms with van der Waals surface area (Å²) >= 11 is 0. The van der Waals surface area contributed by atoms with Gasteiger partial charge in [0.25, 0.3) is 0 Å². The zero-order valence-corrected chi connectivity index (χ0v) is 33.2. The van der Waals surface area contributed by atoms with Crippen molar-refractivity contribution in [1.82, 2.24) is 10.6 Å². The van der Waals surface area contributed by atoms with Gasteiger partial charge in [-0.2, -0.15) is 0 Å². The van der Waals surface area contributed by atoms with Gasteiger partial charge in [-0.05, 0) is 57.8 Å². The van der Waals surface area contributed by atoms with E-state index in [1.165, 1.54) is 51.4 Å². The fourth-order valence-electron chi connectivity index (χ4n) is 6.38. The van der Waals surface area contributed by atoms with E-state index in [0.29, 0.717) is 32.6 Å². The molecule has 0 saturated carbocycles. The van der Waals surface area contributed by atoms with Crippen LogP contribution in [0.3, 0.4) is 0 Å². The Labute approximate surface area is 308 Å². The minimum absolute atomic E-state index is 0.00453. The molecule has 0 fully saturated rings. The first-order valence-corrected chi connectivity index (χ1v) is 21.3. The van der Waals surface area contributed by atoms with Gasteiger partial charge in [0.15, 0.2) is 0 Å². The van der Waals surface area contributed by atoms with Crippen LogP contribution in [-0.2, 0) is 28.7 Å². The van der Waals surface area contributed by atoms with Crippen molar-refractivity contribution in [1.29, 1.82) is 0 Å². The molecule has 0 aliphatic rings. The quantitative estimate of drug-likeness (QED) is 0.0491. The van der Waals surface area contributed by atoms with Gasteiger partial charge in [-0.15, -0.1) is 0 Å². The molecular weight excluding hydrogens is 628 g/mol. The van der Waals surface area contributed by atoms with Gasteiger partial charge in [0.2, 0.25) is 11.8 Å². The van der Waals surface area contributed by atoms with Crippen LogP contribution in [0.25, 0.3) is 0 Å². The average molecular weight is 709 g/mol. The maximum Gasteiger partial charge on any atom is 0.308 e. The van der Waals surface area contributed by atoms with E-state index in [-0.39, 0.29) is 42.1 Å². The summed E-state index contributed by atoms with van der Waals surface area (Å²) in [6.45, 7) is 10.3. The van der Waals surface area contributed by atoms with Gasteiger partial charge in [0, 0.05) is 13.0 Å². The molecule has 0 aliphatic heterocycles. The molecule has 8 nitrogen and oxygen atoms in total. The lowest BCUT2D eigenvalue weighted by Gasteiger charge is -2.16. The minimum atomic E-state index is -0.159. The molecule has 0 aromatic carbocycles. The summed E-state index contributed by atoms with van der Waals surface area (Å²) < 4.78 is 11.2. The second-order valence-electron chi connectivity index (χ2n) is 14.5. The van der Waals surface area contributed by atoms with Crippen LogP contribution in [-0.4, -0.2) is 50.1 Å². The van der Waals surface area contributed by atoms with E-state index >= 15 is 0 Å². The molecular formula is C42H80N2O6. The highest BCUT2D eigenvalue weighted by Crippen LogP contribution is 2.21. The van der Waals surface area contributed by atoms with Crippen molar-refractivity contribution >= 4 is 23.8 Å². The van der Waals surface area contributed by atoms with Gasteiger partial charge in [-0.1, -0.05) is 143 Å². The topological polar surface area (TPSA) is 111 Å². The number of nitrogens with one attached hydrogen (secondary N) is 2. The van der Waals surface area contributed by atoms with Crippen LogP contribution in [0.5, 0.6) is 0 Å². The monoisotopic (exact) mass is 709 g/mol. The van der Waals surface area contributed by atoms with Gasteiger partial charge < -0.3 is 20.1 Å². The standard InChI is InChI=1S/C42H80N2O6/c1-5-9-12-14-17-23-31-38(30-22-13-10-6-2)42(48)50-34-26-19-16-15-18-25-33-43-40(46)36-44-39(45)32-24-20-27-35-49-41(47)37(28-8-4)29-21-11-7-3/h37-38H,5-36H2,1-4H3,(H,43,46)(H,44,45). The third-order valence-electron chi connectivity index (χ3n) is 9.65. The molecule has 0 spiro atoms. The highest BCUT2D eigenvalue weighted by atomic mass is 16.5. The third-order valence-corrected chi connectivity index (χ3v) is 9.65. The van der Waals surface area contributed by atoms with Crippen molar-refractivity contribution in [3.05, 3.63) is 0 Å². The predicted octanol–water partition coefficient (Wildman–Crippen LogP) is 10.5. The fraction of sp³-hybridized carbons (Fsp3) is 0.905. The highest BCUT2D eigenvalue weighted by Gasteiger charge is 2.20. The zero-order chi connectivity index (χ0) is 36.9. The lowest BCUT2D eigenvalue weighted by atomic mass is 9.94. The second kappa shape index (κ2) is 36.7. The largest absolute Gasteiger partial charge is 0.465 e. The average Bonchev–Trinajstić information content (AvgIpc) is 3.11. The first-order chi connectivity index (χ1) is 24.4. The van der Waals surface area contributed by atoms with Crippen LogP contribution in [0.15, 0.2) is 0 Å². The summed E-state index contributed by atoms with van der Waals surface area (Å²) in [4.78, 5) is 49.4. The Hall–Kier alpha value is -2.12. The van der Waals surface area contributed by atoms with Crippen LogP contribution in [0.2, 0.25) is 0 Å². The Kier molecular flexibility index (Phi) is 35.1. The fourth-order valence-corrected chi connectivity index (χ4v) is 6.38. The van der Waals surface area contributed by atoms with Crippen LogP contribution in [0.1, 0.15) is 207 Å². The first-order valence-electron chi connectivity index (χ1n) is 21.3. The van der Waals surface area contributed by atoms with Crippen LogP contribution in [0.4, 0.5) is 0 Å². The van der Waals surface area contributed by atoms with E-state index in [1.807, 2.05) is 0 Å². The van der Waals surface area contributed by atoms with Crippen molar-refractivity contribution in [2.45, 2.75) is 207 Å². The molecule has 0 saturated heterocycles. The molecule has 2 N–H and O–H groups in total. The number of esters is 2. The number of carbonyl (C=O) groups excluding carboxylic acids is 4. The number of unbranched alkanes of at least 4 members (excludes halogenated alkanes) is 17. The Balaban J connectivity index is 3.83. The van der Waals surface area contributed by atoms with Gasteiger partial charge in [0.1, 0.15) is 0 Å². The van der Waals surface area contributed by atoms with E-state index in [9.17, 15) is 19.2 Å². The molecule has 0 aliphatic carbocycles. The zero-order valence-electron chi connectivity index (χ0n) is 33.2. The minimum Gasteiger partial charge on any atom is -0.465 e. The SMILES string of the molecule is CCCCCCCCC(CCCCCC)C(=O)OCCCCCCCCNC(=O)CNC(=O)CCCCCOC(=O)C(CCC)CCCCC. The van der Waals surface area contributed by atoms with Crippen molar-refractivity contribution in [2.75, 3.05) is 26.3 Å². The van der Waals surface area contributed by atoms with Crippen molar-refractivity contribution in [2.24, 2.45) is 11.8 Å². The van der Waals surface area contributed by atoms with Crippen LogP contribution >= 0.6 is 0 Å². The van der Waals surface area contributed by atoms with Crippen molar-refractivity contribution < 1.29 is 28.7 Å². The molecule has 294 valence electrons. The molecule has 0 bridgehead atoms. The van der Waals surface area contributed by atoms with E-state index in [2.05, 4.69) is 38.3 Å². The summed E-state index contributed by atoms with van der Waals surface area (Å²) in [6, 6.07) is 0. The van der Waals surface area contributed by atoms with Gasteiger partial charge in [-0.25, -0.2) is 0 Å². The molecule has 0 heterocycles. The normalized spacial score (nSPS) is 12.3. The van der Waals surface area contributed by atoms with Crippen LogP contribution < -0.4 is 10.6 Å². The predicted molar refractivity (Wildman–Crippen MR) is 207 cm³/mol. The second-order valence-corrected chi connectivity index (χ2v) is 14.5. The Morgan fingerprint density at radius 1 is 0.420 bits per heavy atom. The maximum atomic E-state index is 12.8. The Morgan fingerprint density at radius 2 is 0.840 bits per heavy atom. The van der Waals surface area contributed by atoms with Crippen molar-refractivity contribution in [3.8, 4) is 0 Å². The summed E-state index contributed by atoms with van der Waals surface area (Å²) in [5.74, 6) is -0.253. The lowest BCUT2D eigenvalue weighted by Crippen LogP contribution is -2.37. The van der Waals surface area contributed by atoms with Crippen LogP contribution in [0, 0.1) is 11.8 Å². The molecule has 0 aromatic heterocycles. The van der Waals surface area contributed by atoms with E-state index in [4.69, 9.17) is 9.47 Å². The van der Waals surface area contributed by atoms with Gasteiger partial charge in [-0.3, -0.25) is 19.2 Å². The molecule has 50 heavy (non-hydrogen) atoms. The molecule has 8 heteroatoms. The maximum absolute atomic E-state index is 12.8. The van der Waals surface area contributed by atoms with Crippen molar-refractivity contribution in [3.63, 3.8) is 0 Å². The Bertz CT molecular complexity index is 820. The number of hydrogen-bond acceptors (Lipinski definition) is 6. The molecule has 2 unspecified atom stereocenters. The highest BCUT2D eigenvalue weighted by molar-refractivity contribution is 5.84. The third kappa shape index (κ3) is 30.7. The summed E-state index contributed by atoms with van der Waals surface area (Å²) in [5, 5.41) is 5.59. The number of rotatable bonds is 37. The number of carbonyl (C=O) groups is 4. The molecule has 0 aromatic rings. The number of amides is 2.